The van der Waals surface area contributed by atoms with Gasteiger partial charge in [0.05, 0.1) is 0 Å². The number of hydrogen-bond donors (Lipinski definition) is 2. The summed E-state index contributed by atoms with van der Waals surface area (Å²) in [7, 11) is 0. The van der Waals surface area contributed by atoms with E-state index in [9.17, 15) is 4.79 Å². The quantitative estimate of drug-likeness (QED) is 0.681. The van der Waals surface area contributed by atoms with E-state index in [4.69, 9.17) is 5.11 Å². The van der Waals surface area contributed by atoms with Crippen LogP contribution in [0.1, 0.15) is 12.8 Å². The summed E-state index contributed by atoms with van der Waals surface area (Å²) in [5.41, 5.74) is 2.74. The van der Waals surface area contributed by atoms with E-state index >= 15 is 0 Å². The van der Waals surface area contributed by atoms with Gasteiger partial charge in [0.2, 0.25) is 0 Å². The van der Waals surface area contributed by atoms with E-state index < -0.39 is 6.09 Å². The SMILES string of the molecule is O=C(O)N1CC=C(C2=CCNCC2)CC1. The van der Waals surface area contributed by atoms with Gasteiger partial charge in [0.1, 0.15) is 0 Å². The fourth-order valence-electron chi connectivity index (χ4n) is 2.05. The fraction of sp³-hybridized carbons (Fsp3) is 0.545. The second kappa shape index (κ2) is 4.49. The number of carboxylic acid groups (broad SMARTS) is 1. The van der Waals surface area contributed by atoms with Crippen molar-refractivity contribution in [1.29, 1.82) is 0 Å². The number of hydrogen-bond acceptors (Lipinski definition) is 2. The summed E-state index contributed by atoms with van der Waals surface area (Å²) in [6.45, 7) is 3.14. The summed E-state index contributed by atoms with van der Waals surface area (Å²) < 4.78 is 0. The van der Waals surface area contributed by atoms with Gasteiger partial charge in [-0.05, 0) is 30.5 Å². The Morgan fingerprint density at radius 2 is 2.13 bits per heavy atom. The molecule has 2 rings (SSSR count). The largest absolute Gasteiger partial charge is 0.465 e. The summed E-state index contributed by atoms with van der Waals surface area (Å²) in [5, 5.41) is 12.1. The second-order valence-electron chi connectivity index (χ2n) is 3.89. The van der Waals surface area contributed by atoms with Crippen molar-refractivity contribution >= 4 is 6.09 Å². The Balaban J connectivity index is 2.01. The van der Waals surface area contributed by atoms with E-state index in [1.807, 2.05) is 0 Å². The number of rotatable bonds is 1. The van der Waals surface area contributed by atoms with Gasteiger partial charge in [-0.3, -0.25) is 0 Å². The van der Waals surface area contributed by atoms with E-state index in [-0.39, 0.29) is 0 Å². The molecule has 0 spiro atoms. The summed E-state index contributed by atoms with van der Waals surface area (Å²) in [4.78, 5) is 12.2. The molecule has 0 aliphatic carbocycles. The van der Waals surface area contributed by atoms with Crippen molar-refractivity contribution in [2.45, 2.75) is 12.8 Å². The highest BCUT2D eigenvalue weighted by atomic mass is 16.4. The molecule has 0 fully saturated rings. The van der Waals surface area contributed by atoms with Gasteiger partial charge >= 0.3 is 6.09 Å². The van der Waals surface area contributed by atoms with Crippen molar-refractivity contribution in [3.63, 3.8) is 0 Å². The van der Waals surface area contributed by atoms with E-state index in [0.717, 1.165) is 25.9 Å². The molecule has 0 radical (unpaired) electrons. The van der Waals surface area contributed by atoms with Crippen LogP contribution in [0.4, 0.5) is 4.79 Å². The normalized spacial score (nSPS) is 22.0. The maximum absolute atomic E-state index is 10.7. The van der Waals surface area contributed by atoms with E-state index in [1.165, 1.54) is 16.0 Å². The molecular weight excluding hydrogens is 192 g/mol. The zero-order chi connectivity index (χ0) is 10.7. The maximum Gasteiger partial charge on any atom is 0.407 e. The molecule has 4 heteroatoms. The zero-order valence-electron chi connectivity index (χ0n) is 8.70. The Labute approximate surface area is 89.3 Å². The Bertz CT molecular complexity index is 321. The maximum atomic E-state index is 10.7. The number of nitrogens with zero attached hydrogens (tertiary/aromatic N) is 1. The third-order valence-corrected chi connectivity index (χ3v) is 2.96. The average Bonchev–Trinajstić information content (AvgIpc) is 2.30. The highest BCUT2D eigenvalue weighted by molar-refractivity contribution is 5.65. The molecule has 0 atom stereocenters. The van der Waals surface area contributed by atoms with Crippen LogP contribution in [-0.2, 0) is 0 Å². The smallest absolute Gasteiger partial charge is 0.407 e. The molecule has 2 aliphatic heterocycles. The molecule has 0 aromatic heterocycles. The lowest BCUT2D eigenvalue weighted by Gasteiger charge is -2.26. The van der Waals surface area contributed by atoms with Crippen LogP contribution in [0.25, 0.3) is 0 Å². The van der Waals surface area contributed by atoms with Gasteiger partial charge in [-0.2, -0.15) is 0 Å². The third-order valence-electron chi connectivity index (χ3n) is 2.96. The minimum atomic E-state index is -0.815. The first kappa shape index (κ1) is 10.2. The van der Waals surface area contributed by atoms with E-state index in [0.29, 0.717) is 13.1 Å². The molecule has 0 aromatic rings. The third kappa shape index (κ3) is 2.39. The van der Waals surface area contributed by atoms with Gasteiger partial charge in [-0.15, -0.1) is 0 Å². The van der Waals surface area contributed by atoms with Crippen LogP contribution in [0.15, 0.2) is 23.3 Å². The van der Waals surface area contributed by atoms with Gasteiger partial charge in [0, 0.05) is 19.6 Å². The molecule has 2 heterocycles. The van der Waals surface area contributed by atoms with Crippen molar-refractivity contribution in [3.05, 3.63) is 23.3 Å². The van der Waals surface area contributed by atoms with Gasteiger partial charge in [0.15, 0.2) is 0 Å². The Morgan fingerprint density at radius 1 is 1.33 bits per heavy atom. The Hall–Kier alpha value is -1.29. The monoisotopic (exact) mass is 208 g/mol. The van der Waals surface area contributed by atoms with Crippen molar-refractivity contribution < 1.29 is 9.90 Å². The van der Waals surface area contributed by atoms with E-state index in [2.05, 4.69) is 17.5 Å². The predicted molar refractivity (Wildman–Crippen MR) is 57.9 cm³/mol. The fourth-order valence-corrected chi connectivity index (χ4v) is 2.05. The first-order valence-electron chi connectivity index (χ1n) is 5.34. The standard InChI is InChI=1S/C11H16N2O2/c14-11(15)13-7-3-10(4-8-13)9-1-5-12-6-2-9/h1,3,12H,2,4-8H2,(H,14,15). The summed E-state index contributed by atoms with van der Waals surface area (Å²) in [6, 6.07) is 0. The molecule has 2 N–H and O–H groups in total. The molecule has 1 amide bonds. The lowest BCUT2D eigenvalue weighted by molar-refractivity contribution is 0.149. The minimum absolute atomic E-state index is 0.537. The molecule has 82 valence electrons. The van der Waals surface area contributed by atoms with Gasteiger partial charge in [-0.25, -0.2) is 4.79 Å². The summed E-state index contributed by atoms with van der Waals surface area (Å²) in [6.07, 6.45) is 5.38. The van der Waals surface area contributed by atoms with E-state index in [1.54, 1.807) is 0 Å². The van der Waals surface area contributed by atoms with Crippen molar-refractivity contribution in [3.8, 4) is 0 Å². The lowest BCUT2D eigenvalue weighted by atomic mass is 9.95. The van der Waals surface area contributed by atoms with Crippen LogP contribution in [0.2, 0.25) is 0 Å². The van der Waals surface area contributed by atoms with Crippen LogP contribution in [0.5, 0.6) is 0 Å². The Kier molecular flexibility index (Phi) is 3.06. The highest BCUT2D eigenvalue weighted by Gasteiger charge is 2.18. The molecule has 2 aliphatic rings. The molecule has 4 nitrogen and oxygen atoms in total. The number of nitrogens with one attached hydrogen (secondary N) is 1. The molecule has 0 saturated carbocycles. The van der Waals surface area contributed by atoms with Gasteiger partial charge in [-0.1, -0.05) is 12.2 Å². The molecule has 15 heavy (non-hydrogen) atoms. The second-order valence-corrected chi connectivity index (χ2v) is 3.89. The average molecular weight is 208 g/mol. The first-order valence-corrected chi connectivity index (χ1v) is 5.34. The first-order chi connectivity index (χ1) is 7.27. The van der Waals surface area contributed by atoms with Crippen molar-refractivity contribution in [2.75, 3.05) is 26.2 Å². The lowest BCUT2D eigenvalue weighted by Crippen LogP contribution is -2.34. The van der Waals surface area contributed by atoms with Crippen LogP contribution < -0.4 is 5.32 Å². The molecular formula is C11H16N2O2. The van der Waals surface area contributed by atoms with Crippen LogP contribution in [0.3, 0.4) is 0 Å². The van der Waals surface area contributed by atoms with Crippen LogP contribution >= 0.6 is 0 Å². The number of amides is 1. The van der Waals surface area contributed by atoms with Crippen LogP contribution in [-0.4, -0.2) is 42.3 Å². The highest BCUT2D eigenvalue weighted by Crippen LogP contribution is 2.22. The molecule has 0 saturated heterocycles. The zero-order valence-corrected chi connectivity index (χ0v) is 8.70. The minimum Gasteiger partial charge on any atom is -0.465 e. The predicted octanol–water partition coefficient (Wildman–Crippen LogP) is 1.22. The summed E-state index contributed by atoms with van der Waals surface area (Å²) >= 11 is 0. The molecule has 0 aromatic carbocycles. The molecule has 0 unspecified atom stereocenters. The van der Waals surface area contributed by atoms with Crippen molar-refractivity contribution in [2.24, 2.45) is 0 Å². The van der Waals surface area contributed by atoms with Crippen LogP contribution in [0, 0.1) is 0 Å². The van der Waals surface area contributed by atoms with Gasteiger partial charge < -0.3 is 15.3 Å². The molecule has 0 bridgehead atoms. The topological polar surface area (TPSA) is 52.6 Å². The van der Waals surface area contributed by atoms with Crippen molar-refractivity contribution in [1.82, 2.24) is 10.2 Å². The van der Waals surface area contributed by atoms with Gasteiger partial charge in [0.25, 0.3) is 0 Å². The summed E-state index contributed by atoms with van der Waals surface area (Å²) in [5.74, 6) is 0. The number of carbonyl (C=O) groups is 1. The Morgan fingerprint density at radius 3 is 2.67 bits per heavy atom.